The molecule has 120 valence electrons. The summed E-state index contributed by atoms with van der Waals surface area (Å²) < 4.78 is 11.1. The summed E-state index contributed by atoms with van der Waals surface area (Å²) in [6.07, 6.45) is 2.57. The molecule has 1 aromatic heterocycles. The van der Waals surface area contributed by atoms with Gasteiger partial charge >= 0.3 is 0 Å². The lowest BCUT2D eigenvalue weighted by molar-refractivity contribution is -0.122. The van der Waals surface area contributed by atoms with Crippen molar-refractivity contribution >= 4 is 11.6 Å². The normalized spacial score (nSPS) is 18.7. The maximum atomic E-state index is 12.6. The van der Waals surface area contributed by atoms with Gasteiger partial charge in [-0.15, -0.1) is 0 Å². The standard InChI is InChI=1S/C19H16N2O3/c1-12-15-7-2-3-8-16(15)24-17(12)18(22)21-14-6-4-5-13(11-14)19-20-9-10-23-19/h2-12,17H,1H3,(H,21,22)/t12-,17-/m0/s1. The predicted molar refractivity (Wildman–Crippen MR) is 89.8 cm³/mol. The molecule has 0 radical (unpaired) electrons. The van der Waals surface area contributed by atoms with E-state index in [1.807, 2.05) is 55.5 Å². The highest BCUT2D eigenvalue weighted by atomic mass is 16.5. The van der Waals surface area contributed by atoms with E-state index in [2.05, 4.69) is 10.3 Å². The molecular weight excluding hydrogens is 304 g/mol. The van der Waals surface area contributed by atoms with Gasteiger partial charge in [0.25, 0.3) is 5.91 Å². The average molecular weight is 320 g/mol. The second-order valence-electron chi connectivity index (χ2n) is 5.77. The Kier molecular flexibility index (Phi) is 3.54. The van der Waals surface area contributed by atoms with Gasteiger partial charge in [-0.25, -0.2) is 4.98 Å². The third kappa shape index (κ3) is 2.54. The lowest BCUT2D eigenvalue weighted by Crippen LogP contribution is -2.33. The van der Waals surface area contributed by atoms with Crippen molar-refractivity contribution in [2.45, 2.75) is 18.9 Å². The maximum absolute atomic E-state index is 12.6. The number of carbonyl (C=O) groups is 1. The molecule has 1 aliphatic rings. The Morgan fingerprint density at radius 3 is 2.83 bits per heavy atom. The quantitative estimate of drug-likeness (QED) is 0.796. The van der Waals surface area contributed by atoms with Gasteiger partial charge in [0, 0.05) is 22.7 Å². The molecule has 1 N–H and O–H groups in total. The van der Waals surface area contributed by atoms with Crippen LogP contribution in [0, 0.1) is 0 Å². The van der Waals surface area contributed by atoms with Crippen LogP contribution in [0.3, 0.4) is 0 Å². The van der Waals surface area contributed by atoms with Crippen molar-refractivity contribution < 1.29 is 13.9 Å². The van der Waals surface area contributed by atoms with E-state index >= 15 is 0 Å². The van der Waals surface area contributed by atoms with E-state index in [1.54, 1.807) is 6.20 Å². The first-order valence-electron chi connectivity index (χ1n) is 7.79. The minimum absolute atomic E-state index is 0.0103. The van der Waals surface area contributed by atoms with Crippen LogP contribution >= 0.6 is 0 Å². The molecule has 4 rings (SSSR count). The number of benzene rings is 2. The number of anilines is 1. The summed E-state index contributed by atoms with van der Waals surface area (Å²) in [6.45, 7) is 2.00. The highest BCUT2D eigenvalue weighted by molar-refractivity contribution is 5.96. The molecule has 0 aliphatic carbocycles. The molecule has 0 saturated carbocycles. The molecular formula is C19H16N2O3. The molecule has 2 aromatic carbocycles. The first-order chi connectivity index (χ1) is 11.7. The van der Waals surface area contributed by atoms with Gasteiger partial charge in [-0.2, -0.15) is 0 Å². The lowest BCUT2D eigenvalue weighted by Gasteiger charge is -2.15. The monoisotopic (exact) mass is 320 g/mol. The van der Waals surface area contributed by atoms with Crippen molar-refractivity contribution in [1.29, 1.82) is 0 Å². The van der Waals surface area contributed by atoms with Gasteiger partial charge in [0.2, 0.25) is 5.89 Å². The second-order valence-corrected chi connectivity index (χ2v) is 5.77. The van der Waals surface area contributed by atoms with Crippen molar-refractivity contribution in [1.82, 2.24) is 4.98 Å². The van der Waals surface area contributed by atoms with Gasteiger partial charge in [0.15, 0.2) is 6.10 Å². The Labute approximate surface area is 139 Å². The van der Waals surface area contributed by atoms with Crippen molar-refractivity contribution in [3.63, 3.8) is 0 Å². The van der Waals surface area contributed by atoms with Crippen LogP contribution in [0.15, 0.2) is 65.4 Å². The summed E-state index contributed by atoms with van der Waals surface area (Å²) in [5.74, 6) is 1.14. The number of amides is 1. The summed E-state index contributed by atoms with van der Waals surface area (Å²) in [6, 6.07) is 15.1. The lowest BCUT2D eigenvalue weighted by atomic mass is 9.97. The fourth-order valence-electron chi connectivity index (χ4n) is 2.96. The van der Waals surface area contributed by atoms with Gasteiger partial charge in [-0.3, -0.25) is 4.79 Å². The number of carbonyl (C=O) groups excluding carboxylic acids is 1. The molecule has 0 saturated heterocycles. The Bertz CT molecular complexity index is 874. The van der Waals surface area contributed by atoms with Crippen LogP contribution < -0.4 is 10.1 Å². The fraction of sp³-hybridized carbons (Fsp3) is 0.158. The zero-order valence-electron chi connectivity index (χ0n) is 13.1. The first-order valence-corrected chi connectivity index (χ1v) is 7.79. The third-order valence-electron chi connectivity index (χ3n) is 4.19. The average Bonchev–Trinajstić information content (AvgIpc) is 3.24. The maximum Gasteiger partial charge on any atom is 0.266 e. The van der Waals surface area contributed by atoms with Crippen molar-refractivity contribution in [2.24, 2.45) is 0 Å². The van der Waals surface area contributed by atoms with Gasteiger partial charge in [-0.05, 0) is 24.3 Å². The van der Waals surface area contributed by atoms with Gasteiger partial charge < -0.3 is 14.5 Å². The van der Waals surface area contributed by atoms with Crippen molar-refractivity contribution in [2.75, 3.05) is 5.32 Å². The minimum Gasteiger partial charge on any atom is -0.480 e. The second kappa shape index (κ2) is 5.85. The van der Waals surface area contributed by atoms with E-state index < -0.39 is 6.10 Å². The van der Waals surface area contributed by atoms with Crippen LogP contribution in [-0.2, 0) is 4.79 Å². The van der Waals surface area contributed by atoms with E-state index in [0.29, 0.717) is 11.6 Å². The zero-order valence-corrected chi connectivity index (χ0v) is 13.1. The Balaban J connectivity index is 1.52. The number of nitrogens with zero attached hydrogens (tertiary/aromatic N) is 1. The van der Waals surface area contributed by atoms with Gasteiger partial charge in [0.05, 0.1) is 6.20 Å². The molecule has 24 heavy (non-hydrogen) atoms. The number of aromatic nitrogens is 1. The first kappa shape index (κ1) is 14.5. The smallest absolute Gasteiger partial charge is 0.266 e. The number of hydrogen-bond acceptors (Lipinski definition) is 4. The summed E-state index contributed by atoms with van der Waals surface area (Å²) >= 11 is 0. The van der Waals surface area contributed by atoms with Crippen LogP contribution in [0.5, 0.6) is 5.75 Å². The topological polar surface area (TPSA) is 64.4 Å². The number of rotatable bonds is 3. The van der Waals surface area contributed by atoms with Crippen LogP contribution in [0.4, 0.5) is 5.69 Å². The third-order valence-corrected chi connectivity index (χ3v) is 4.19. The van der Waals surface area contributed by atoms with E-state index in [1.165, 1.54) is 6.26 Å². The Hall–Kier alpha value is -3.08. The highest BCUT2D eigenvalue weighted by Gasteiger charge is 2.36. The number of nitrogens with one attached hydrogen (secondary N) is 1. The molecule has 1 amide bonds. The van der Waals surface area contributed by atoms with Gasteiger partial charge in [0.1, 0.15) is 12.0 Å². The van der Waals surface area contributed by atoms with E-state index in [0.717, 1.165) is 16.9 Å². The molecule has 0 unspecified atom stereocenters. The molecule has 5 heteroatoms. The van der Waals surface area contributed by atoms with E-state index in [-0.39, 0.29) is 11.8 Å². The molecule has 5 nitrogen and oxygen atoms in total. The fourth-order valence-corrected chi connectivity index (χ4v) is 2.96. The molecule has 0 spiro atoms. The summed E-state index contributed by atoms with van der Waals surface area (Å²) in [5, 5.41) is 2.92. The Morgan fingerprint density at radius 2 is 2.04 bits per heavy atom. The molecule has 2 atom stereocenters. The van der Waals surface area contributed by atoms with Crippen molar-refractivity contribution in [3.05, 3.63) is 66.6 Å². The number of hydrogen-bond donors (Lipinski definition) is 1. The largest absolute Gasteiger partial charge is 0.480 e. The number of ether oxygens (including phenoxy) is 1. The van der Waals surface area contributed by atoms with Crippen LogP contribution in [0.25, 0.3) is 11.5 Å². The molecule has 0 bridgehead atoms. The highest BCUT2D eigenvalue weighted by Crippen LogP contribution is 2.38. The van der Waals surface area contributed by atoms with E-state index in [9.17, 15) is 4.79 Å². The summed E-state index contributed by atoms with van der Waals surface area (Å²) in [4.78, 5) is 16.7. The minimum atomic E-state index is -0.534. The summed E-state index contributed by atoms with van der Waals surface area (Å²) in [5.41, 5.74) is 2.55. The SMILES string of the molecule is C[C@H]1c2ccccc2O[C@@H]1C(=O)Nc1cccc(-c2ncco2)c1. The summed E-state index contributed by atoms with van der Waals surface area (Å²) in [7, 11) is 0. The van der Waals surface area contributed by atoms with Crippen molar-refractivity contribution in [3.8, 4) is 17.2 Å². The number of oxazole rings is 1. The van der Waals surface area contributed by atoms with Crippen LogP contribution in [0.2, 0.25) is 0 Å². The Morgan fingerprint density at radius 1 is 1.17 bits per heavy atom. The van der Waals surface area contributed by atoms with Crippen LogP contribution in [-0.4, -0.2) is 17.0 Å². The number of para-hydroxylation sites is 1. The predicted octanol–water partition coefficient (Wildman–Crippen LogP) is 3.84. The van der Waals surface area contributed by atoms with Crippen LogP contribution in [0.1, 0.15) is 18.4 Å². The zero-order chi connectivity index (χ0) is 16.5. The van der Waals surface area contributed by atoms with E-state index in [4.69, 9.17) is 9.15 Å². The molecule has 0 fully saturated rings. The molecule has 3 aromatic rings. The van der Waals surface area contributed by atoms with Gasteiger partial charge in [-0.1, -0.05) is 31.2 Å². The molecule has 2 heterocycles. The number of fused-ring (bicyclic) bond motifs is 1. The molecule has 1 aliphatic heterocycles.